The molecule has 2 aliphatic rings. The maximum atomic E-state index is 11.6. The summed E-state index contributed by atoms with van der Waals surface area (Å²) in [7, 11) is 0. The highest BCUT2D eigenvalue weighted by atomic mass is 16.2. The van der Waals surface area contributed by atoms with E-state index in [2.05, 4.69) is 20.9 Å². The van der Waals surface area contributed by atoms with Crippen LogP contribution in [0.25, 0.3) is 0 Å². The van der Waals surface area contributed by atoms with Gasteiger partial charge in [0.25, 0.3) is 0 Å². The minimum Gasteiger partial charge on any atom is -0.335 e. The molecule has 6 heteroatoms. The van der Waals surface area contributed by atoms with Crippen molar-refractivity contribution in [3.63, 3.8) is 0 Å². The number of carbonyl (C=O) groups is 2. The van der Waals surface area contributed by atoms with Crippen LogP contribution in [0.3, 0.4) is 0 Å². The molecule has 2 fully saturated rings. The molecule has 0 aromatic carbocycles. The van der Waals surface area contributed by atoms with Gasteiger partial charge in [-0.05, 0) is 32.4 Å². The molecule has 1 aliphatic heterocycles. The van der Waals surface area contributed by atoms with Crippen molar-refractivity contribution in [2.24, 2.45) is 0 Å². The van der Waals surface area contributed by atoms with E-state index >= 15 is 0 Å². The van der Waals surface area contributed by atoms with Crippen LogP contribution in [0, 0.1) is 0 Å². The van der Waals surface area contributed by atoms with Crippen molar-refractivity contribution in [3.05, 3.63) is 0 Å². The van der Waals surface area contributed by atoms with Crippen LogP contribution >= 0.6 is 0 Å². The van der Waals surface area contributed by atoms with Gasteiger partial charge in [0.15, 0.2) is 0 Å². The Bertz CT molecular complexity index is 283. The number of nitrogens with one attached hydrogen (secondary N) is 3. The van der Waals surface area contributed by atoms with Gasteiger partial charge in [-0.25, -0.2) is 4.79 Å². The fourth-order valence-electron chi connectivity index (χ4n) is 1.88. The molecule has 0 spiro atoms. The zero-order valence-corrected chi connectivity index (χ0v) is 10.00. The first-order chi connectivity index (χ1) is 8.24. The Labute approximate surface area is 101 Å². The summed E-state index contributed by atoms with van der Waals surface area (Å²) in [6.07, 6.45) is 3.10. The highest BCUT2D eigenvalue weighted by Crippen LogP contribution is 2.18. The first-order valence-corrected chi connectivity index (χ1v) is 6.27. The molecular weight excluding hydrogens is 220 g/mol. The Morgan fingerprint density at radius 3 is 2.82 bits per heavy atom. The highest BCUT2D eigenvalue weighted by molar-refractivity contribution is 5.95. The van der Waals surface area contributed by atoms with Crippen molar-refractivity contribution in [3.8, 4) is 0 Å². The van der Waals surface area contributed by atoms with Gasteiger partial charge in [0.1, 0.15) is 0 Å². The number of carbonyl (C=O) groups excluding carboxylic acids is 2. The van der Waals surface area contributed by atoms with Gasteiger partial charge >= 0.3 is 6.03 Å². The molecule has 0 aromatic heterocycles. The molecule has 0 aromatic rings. The largest absolute Gasteiger partial charge is 0.335 e. The normalized spacial score (nSPS) is 21.6. The van der Waals surface area contributed by atoms with E-state index in [1.54, 1.807) is 0 Å². The summed E-state index contributed by atoms with van der Waals surface area (Å²) >= 11 is 0. The van der Waals surface area contributed by atoms with E-state index in [0.717, 1.165) is 45.4 Å². The SMILES string of the molecule is O=C(CN1CCCNCC1)NC(=O)NC1CC1. The number of hydrogen-bond acceptors (Lipinski definition) is 4. The number of nitrogens with zero attached hydrogens (tertiary/aromatic N) is 1. The number of hydrogen-bond donors (Lipinski definition) is 3. The third-order valence-corrected chi connectivity index (χ3v) is 2.97. The topological polar surface area (TPSA) is 73.5 Å². The Morgan fingerprint density at radius 2 is 2.06 bits per heavy atom. The third kappa shape index (κ3) is 4.70. The zero-order chi connectivity index (χ0) is 12.1. The van der Waals surface area contributed by atoms with Crippen molar-refractivity contribution in [1.29, 1.82) is 0 Å². The second-order valence-corrected chi connectivity index (χ2v) is 4.68. The summed E-state index contributed by atoms with van der Waals surface area (Å²) in [5.41, 5.74) is 0. The Morgan fingerprint density at radius 1 is 1.24 bits per heavy atom. The van der Waals surface area contributed by atoms with E-state index in [9.17, 15) is 9.59 Å². The van der Waals surface area contributed by atoms with E-state index < -0.39 is 0 Å². The first kappa shape index (κ1) is 12.3. The summed E-state index contributed by atoms with van der Waals surface area (Å²) in [6, 6.07) is -0.0735. The molecule has 1 heterocycles. The van der Waals surface area contributed by atoms with Crippen molar-refractivity contribution in [1.82, 2.24) is 20.9 Å². The van der Waals surface area contributed by atoms with Crippen LogP contribution in [0.1, 0.15) is 19.3 Å². The fraction of sp³-hybridized carbons (Fsp3) is 0.818. The fourth-order valence-corrected chi connectivity index (χ4v) is 1.88. The van der Waals surface area contributed by atoms with E-state index in [0.29, 0.717) is 6.54 Å². The lowest BCUT2D eigenvalue weighted by Crippen LogP contribution is -2.45. The summed E-state index contributed by atoms with van der Waals surface area (Å²) < 4.78 is 0. The van der Waals surface area contributed by atoms with Crippen LogP contribution in [-0.2, 0) is 4.79 Å². The molecule has 3 N–H and O–H groups in total. The second-order valence-electron chi connectivity index (χ2n) is 4.68. The van der Waals surface area contributed by atoms with Gasteiger partial charge in [-0.1, -0.05) is 0 Å². The van der Waals surface area contributed by atoms with Gasteiger partial charge in [0.2, 0.25) is 5.91 Å². The predicted octanol–water partition coefficient (Wildman–Crippen LogP) is -0.730. The highest BCUT2D eigenvalue weighted by Gasteiger charge is 2.24. The molecule has 1 saturated heterocycles. The summed E-state index contributed by atoms with van der Waals surface area (Å²) in [5.74, 6) is -0.218. The van der Waals surface area contributed by atoms with E-state index in [1.807, 2.05) is 0 Å². The zero-order valence-electron chi connectivity index (χ0n) is 10.00. The van der Waals surface area contributed by atoms with Crippen molar-refractivity contribution in [2.45, 2.75) is 25.3 Å². The molecule has 6 nitrogen and oxygen atoms in total. The van der Waals surface area contributed by atoms with Gasteiger partial charge in [-0.15, -0.1) is 0 Å². The molecule has 0 atom stereocenters. The quantitative estimate of drug-likeness (QED) is 0.608. The lowest BCUT2D eigenvalue weighted by molar-refractivity contribution is -0.121. The summed E-state index contributed by atoms with van der Waals surface area (Å²) in [4.78, 5) is 25.0. The van der Waals surface area contributed by atoms with Gasteiger partial charge < -0.3 is 10.6 Å². The average molecular weight is 240 g/mol. The Kier molecular flexibility index (Phi) is 4.33. The number of imide groups is 1. The molecule has 0 unspecified atom stereocenters. The molecular formula is C11H20N4O2. The molecule has 2 rings (SSSR count). The molecule has 96 valence electrons. The number of urea groups is 1. The van der Waals surface area contributed by atoms with Gasteiger partial charge in [-0.3, -0.25) is 15.0 Å². The summed E-state index contributed by atoms with van der Waals surface area (Å²) in [6.45, 7) is 3.98. The second kappa shape index (κ2) is 5.97. The van der Waals surface area contributed by atoms with Crippen LogP contribution in [0.2, 0.25) is 0 Å². The number of rotatable bonds is 3. The molecule has 3 amide bonds. The number of amides is 3. The third-order valence-electron chi connectivity index (χ3n) is 2.97. The lowest BCUT2D eigenvalue weighted by atomic mass is 10.4. The lowest BCUT2D eigenvalue weighted by Gasteiger charge is -2.18. The van der Waals surface area contributed by atoms with E-state index in [-0.39, 0.29) is 18.0 Å². The van der Waals surface area contributed by atoms with Crippen molar-refractivity contribution in [2.75, 3.05) is 32.7 Å². The Hall–Kier alpha value is -1.14. The van der Waals surface area contributed by atoms with Crippen LogP contribution < -0.4 is 16.0 Å². The van der Waals surface area contributed by atoms with Crippen LogP contribution in [0.4, 0.5) is 4.79 Å². The molecule has 1 aliphatic carbocycles. The predicted molar refractivity (Wildman–Crippen MR) is 63.6 cm³/mol. The smallest absolute Gasteiger partial charge is 0.321 e. The molecule has 0 radical (unpaired) electrons. The maximum Gasteiger partial charge on any atom is 0.321 e. The van der Waals surface area contributed by atoms with Crippen molar-refractivity contribution >= 4 is 11.9 Å². The minimum absolute atomic E-state index is 0.218. The average Bonchev–Trinajstić information content (AvgIpc) is 3.05. The Balaban J connectivity index is 1.66. The first-order valence-electron chi connectivity index (χ1n) is 6.27. The van der Waals surface area contributed by atoms with Crippen LogP contribution in [-0.4, -0.2) is 55.6 Å². The van der Waals surface area contributed by atoms with Gasteiger partial charge in [-0.2, -0.15) is 0 Å². The van der Waals surface area contributed by atoms with Gasteiger partial charge in [0.05, 0.1) is 6.54 Å². The molecule has 0 bridgehead atoms. The minimum atomic E-state index is -0.356. The van der Waals surface area contributed by atoms with E-state index in [4.69, 9.17) is 0 Å². The maximum absolute atomic E-state index is 11.6. The molecule has 17 heavy (non-hydrogen) atoms. The van der Waals surface area contributed by atoms with Crippen molar-refractivity contribution < 1.29 is 9.59 Å². The summed E-state index contributed by atoms with van der Waals surface area (Å²) in [5, 5.41) is 8.37. The van der Waals surface area contributed by atoms with Crippen LogP contribution in [0.15, 0.2) is 0 Å². The van der Waals surface area contributed by atoms with Gasteiger partial charge in [0, 0.05) is 19.1 Å². The standard InChI is InChI=1S/C11H20N4O2/c16-10(14-11(17)13-9-2-3-9)8-15-6-1-4-12-5-7-15/h9,12H,1-8H2,(H2,13,14,16,17). The monoisotopic (exact) mass is 240 g/mol. The van der Waals surface area contributed by atoms with E-state index in [1.165, 1.54) is 0 Å². The molecule has 1 saturated carbocycles. The van der Waals surface area contributed by atoms with Crippen LogP contribution in [0.5, 0.6) is 0 Å².